The summed E-state index contributed by atoms with van der Waals surface area (Å²) in [5.41, 5.74) is 7.11. The van der Waals surface area contributed by atoms with Gasteiger partial charge in [-0.15, -0.1) is 0 Å². The smallest absolute Gasteiger partial charge is 0.231 e. The van der Waals surface area contributed by atoms with E-state index in [0.717, 1.165) is 15.8 Å². The van der Waals surface area contributed by atoms with Crippen LogP contribution in [-0.2, 0) is 0 Å². The molecule has 0 saturated carbocycles. The monoisotopic (exact) mass is 349 g/mol. The van der Waals surface area contributed by atoms with E-state index in [0.29, 0.717) is 11.5 Å². The van der Waals surface area contributed by atoms with E-state index in [9.17, 15) is 0 Å². The minimum atomic E-state index is -0.233. The summed E-state index contributed by atoms with van der Waals surface area (Å²) in [7, 11) is 0. The van der Waals surface area contributed by atoms with Crippen molar-refractivity contribution in [2.45, 2.75) is 19.1 Å². The summed E-state index contributed by atoms with van der Waals surface area (Å²) in [6.45, 7) is 2.18. The maximum atomic E-state index is 6.08. The van der Waals surface area contributed by atoms with Gasteiger partial charge in [-0.2, -0.15) is 0 Å². The summed E-state index contributed by atoms with van der Waals surface area (Å²) < 4.78 is 17.7. The Morgan fingerprint density at radius 1 is 1.14 bits per heavy atom. The van der Waals surface area contributed by atoms with Crippen molar-refractivity contribution in [3.8, 4) is 17.2 Å². The minimum absolute atomic E-state index is 0.148. The molecule has 2 N–H and O–H groups in total. The zero-order valence-electron chi connectivity index (χ0n) is 11.6. The predicted octanol–water partition coefficient (Wildman–Crippen LogP) is 3.65. The van der Waals surface area contributed by atoms with Crippen molar-refractivity contribution >= 4 is 15.9 Å². The van der Waals surface area contributed by atoms with Crippen LogP contribution in [0.1, 0.15) is 18.6 Å². The first-order valence-corrected chi connectivity index (χ1v) is 7.50. The molecule has 0 aliphatic carbocycles. The lowest BCUT2D eigenvalue weighted by atomic mass is 10.0. The molecule has 1 aliphatic rings. The van der Waals surface area contributed by atoms with Crippen molar-refractivity contribution in [2.24, 2.45) is 5.73 Å². The molecule has 2 aromatic carbocycles. The first-order chi connectivity index (χ1) is 10.1. The van der Waals surface area contributed by atoms with Gasteiger partial charge in [0.1, 0.15) is 11.9 Å². The number of fused-ring (bicyclic) bond motifs is 1. The quantitative estimate of drug-likeness (QED) is 0.915. The number of benzene rings is 2. The van der Waals surface area contributed by atoms with E-state index in [1.165, 1.54) is 0 Å². The lowest BCUT2D eigenvalue weighted by Crippen LogP contribution is -2.29. The van der Waals surface area contributed by atoms with Crippen LogP contribution in [0.4, 0.5) is 0 Å². The van der Waals surface area contributed by atoms with E-state index in [-0.39, 0.29) is 18.9 Å². The molecule has 0 fully saturated rings. The fourth-order valence-electron chi connectivity index (χ4n) is 2.26. The van der Waals surface area contributed by atoms with Gasteiger partial charge in [-0.3, -0.25) is 0 Å². The van der Waals surface area contributed by atoms with Crippen LogP contribution < -0.4 is 19.9 Å². The van der Waals surface area contributed by atoms with Gasteiger partial charge in [-0.25, -0.2) is 0 Å². The lowest BCUT2D eigenvalue weighted by Gasteiger charge is -2.23. The molecule has 5 heteroatoms. The maximum absolute atomic E-state index is 6.08. The molecule has 0 spiro atoms. The van der Waals surface area contributed by atoms with Crippen molar-refractivity contribution in [3.63, 3.8) is 0 Å². The Balaban J connectivity index is 1.86. The van der Waals surface area contributed by atoms with E-state index in [4.69, 9.17) is 19.9 Å². The van der Waals surface area contributed by atoms with Gasteiger partial charge in [0.05, 0.1) is 0 Å². The highest BCUT2D eigenvalue weighted by molar-refractivity contribution is 9.10. The molecule has 1 heterocycles. The van der Waals surface area contributed by atoms with Gasteiger partial charge >= 0.3 is 0 Å². The van der Waals surface area contributed by atoms with Crippen molar-refractivity contribution in [3.05, 3.63) is 52.5 Å². The Labute approximate surface area is 131 Å². The molecule has 0 bridgehead atoms. The number of rotatable bonds is 4. The van der Waals surface area contributed by atoms with E-state index >= 15 is 0 Å². The second-order valence-corrected chi connectivity index (χ2v) is 5.88. The van der Waals surface area contributed by atoms with E-state index < -0.39 is 0 Å². The van der Waals surface area contributed by atoms with Crippen LogP contribution in [-0.4, -0.2) is 12.8 Å². The van der Waals surface area contributed by atoms with Gasteiger partial charge in [0.15, 0.2) is 11.5 Å². The minimum Gasteiger partial charge on any atom is -0.484 e. The van der Waals surface area contributed by atoms with Gasteiger partial charge in [0, 0.05) is 16.6 Å². The predicted molar refractivity (Wildman–Crippen MR) is 83.7 cm³/mol. The molecule has 21 heavy (non-hydrogen) atoms. The summed E-state index contributed by atoms with van der Waals surface area (Å²) in [5, 5.41) is 0. The van der Waals surface area contributed by atoms with Crippen molar-refractivity contribution < 1.29 is 14.2 Å². The van der Waals surface area contributed by atoms with Crippen LogP contribution in [0.15, 0.2) is 46.9 Å². The number of nitrogens with two attached hydrogens (primary N) is 1. The number of halogens is 1. The number of hydrogen-bond donors (Lipinski definition) is 1. The largest absolute Gasteiger partial charge is 0.484 e. The molecule has 3 rings (SSSR count). The number of hydrogen-bond acceptors (Lipinski definition) is 4. The maximum Gasteiger partial charge on any atom is 0.231 e. The van der Waals surface area contributed by atoms with E-state index in [2.05, 4.69) is 15.9 Å². The Bertz CT molecular complexity index is 645. The molecule has 0 radical (unpaired) electrons. The Kier molecular flexibility index (Phi) is 4.03. The van der Waals surface area contributed by atoms with Crippen molar-refractivity contribution in [1.29, 1.82) is 0 Å². The number of ether oxygens (including phenoxy) is 3. The molecule has 110 valence electrons. The van der Waals surface area contributed by atoms with Gasteiger partial charge in [0.25, 0.3) is 0 Å². The first-order valence-electron chi connectivity index (χ1n) is 6.71. The molecule has 0 aromatic heterocycles. The molecule has 4 nitrogen and oxygen atoms in total. The van der Waals surface area contributed by atoms with Crippen LogP contribution in [0.2, 0.25) is 0 Å². The Morgan fingerprint density at radius 2 is 1.95 bits per heavy atom. The standard InChI is InChI=1S/C16H16BrNO3/c1-10(18)16(11-3-2-4-12(17)7-11)21-13-5-6-14-15(8-13)20-9-19-14/h2-8,10,16H,9,18H2,1H3. The zero-order chi connectivity index (χ0) is 14.8. The van der Waals surface area contributed by atoms with Crippen LogP contribution in [0.5, 0.6) is 17.2 Å². The molecule has 1 aliphatic heterocycles. The average Bonchev–Trinajstić information content (AvgIpc) is 2.92. The zero-order valence-corrected chi connectivity index (χ0v) is 13.2. The summed E-state index contributed by atoms with van der Waals surface area (Å²) >= 11 is 3.47. The van der Waals surface area contributed by atoms with E-state index in [1.807, 2.05) is 49.4 Å². The highest BCUT2D eigenvalue weighted by Gasteiger charge is 2.20. The Morgan fingerprint density at radius 3 is 2.71 bits per heavy atom. The molecule has 2 aromatic rings. The van der Waals surface area contributed by atoms with Gasteiger partial charge in [0.2, 0.25) is 6.79 Å². The highest BCUT2D eigenvalue weighted by atomic mass is 79.9. The second-order valence-electron chi connectivity index (χ2n) is 4.97. The lowest BCUT2D eigenvalue weighted by molar-refractivity contribution is 0.171. The van der Waals surface area contributed by atoms with Crippen LogP contribution >= 0.6 is 15.9 Å². The Hall–Kier alpha value is -1.72. The van der Waals surface area contributed by atoms with Crippen molar-refractivity contribution in [1.82, 2.24) is 0 Å². The summed E-state index contributed by atoms with van der Waals surface area (Å²) in [6, 6.07) is 13.4. The normalized spacial score (nSPS) is 15.6. The third-order valence-electron chi connectivity index (χ3n) is 3.26. The second kappa shape index (κ2) is 5.95. The highest BCUT2D eigenvalue weighted by Crippen LogP contribution is 2.36. The van der Waals surface area contributed by atoms with Gasteiger partial charge in [-0.05, 0) is 36.8 Å². The van der Waals surface area contributed by atoms with Crippen LogP contribution in [0.25, 0.3) is 0 Å². The molecule has 0 amide bonds. The SMILES string of the molecule is CC(N)C(Oc1ccc2c(c1)OCO2)c1cccc(Br)c1. The fraction of sp³-hybridized carbons (Fsp3) is 0.250. The first kappa shape index (κ1) is 14.2. The van der Waals surface area contributed by atoms with Gasteiger partial charge < -0.3 is 19.9 Å². The third-order valence-corrected chi connectivity index (χ3v) is 3.76. The summed E-state index contributed by atoms with van der Waals surface area (Å²) in [6.07, 6.45) is -0.233. The molecule has 2 atom stereocenters. The molecular weight excluding hydrogens is 334 g/mol. The summed E-state index contributed by atoms with van der Waals surface area (Å²) in [4.78, 5) is 0. The fourth-order valence-corrected chi connectivity index (χ4v) is 2.68. The summed E-state index contributed by atoms with van der Waals surface area (Å²) in [5.74, 6) is 2.15. The topological polar surface area (TPSA) is 53.7 Å². The average molecular weight is 350 g/mol. The molecule has 2 unspecified atom stereocenters. The molecule has 0 saturated heterocycles. The van der Waals surface area contributed by atoms with Crippen LogP contribution in [0, 0.1) is 0 Å². The third kappa shape index (κ3) is 3.14. The van der Waals surface area contributed by atoms with Gasteiger partial charge in [-0.1, -0.05) is 28.1 Å². The molecular formula is C16H16BrNO3. The van der Waals surface area contributed by atoms with Crippen molar-refractivity contribution in [2.75, 3.05) is 6.79 Å². The van der Waals surface area contributed by atoms with E-state index in [1.54, 1.807) is 0 Å². The van der Waals surface area contributed by atoms with Crippen LogP contribution in [0.3, 0.4) is 0 Å².